The van der Waals surface area contributed by atoms with E-state index in [-0.39, 0.29) is 13.2 Å². The summed E-state index contributed by atoms with van der Waals surface area (Å²) in [4.78, 5) is 12.6. The van der Waals surface area contributed by atoms with Crippen molar-refractivity contribution < 1.29 is 10.2 Å². The zero-order valence-electron chi connectivity index (χ0n) is 9.98. The third-order valence-corrected chi connectivity index (χ3v) is 1.95. The van der Waals surface area contributed by atoms with E-state index in [9.17, 15) is 0 Å². The molecule has 7 nitrogen and oxygen atoms in total. The molecule has 0 bridgehead atoms. The van der Waals surface area contributed by atoms with Crippen molar-refractivity contribution in [2.45, 2.75) is 19.8 Å². The van der Waals surface area contributed by atoms with Gasteiger partial charge in [-0.15, -0.1) is 0 Å². The number of aromatic nitrogens is 3. The van der Waals surface area contributed by atoms with Crippen LogP contribution in [0.3, 0.4) is 0 Å². The van der Waals surface area contributed by atoms with Crippen LogP contribution in [0.1, 0.15) is 19.2 Å². The lowest BCUT2D eigenvalue weighted by Gasteiger charge is -2.08. The minimum Gasteiger partial charge on any atom is -0.395 e. The van der Waals surface area contributed by atoms with Gasteiger partial charge < -0.3 is 20.8 Å². The van der Waals surface area contributed by atoms with Crippen molar-refractivity contribution in [1.29, 1.82) is 0 Å². The largest absolute Gasteiger partial charge is 0.395 e. The van der Waals surface area contributed by atoms with Crippen molar-refractivity contribution in [2.75, 3.05) is 36.9 Å². The second-order valence-corrected chi connectivity index (χ2v) is 3.45. The number of hydrogen-bond donors (Lipinski definition) is 4. The van der Waals surface area contributed by atoms with Crippen molar-refractivity contribution in [2.24, 2.45) is 0 Å². The number of anilines is 2. The third-order valence-electron chi connectivity index (χ3n) is 1.95. The van der Waals surface area contributed by atoms with Crippen molar-refractivity contribution >= 4 is 11.9 Å². The molecule has 1 heterocycles. The van der Waals surface area contributed by atoms with Crippen LogP contribution in [0.25, 0.3) is 0 Å². The second-order valence-electron chi connectivity index (χ2n) is 3.45. The SMILES string of the molecule is CCCc1nc(NCCO)nc(NCCO)n1. The Hall–Kier alpha value is -1.47. The number of rotatable bonds is 8. The van der Waals surface area contributed by atoms with Crippen LogP contribution < -0.4 is 10.6 Å². The average molecular weight is 241 g/mol. The van der Waals surface area contributed by atoms with Gasteiger partial charge in [-0.2, -0.15) is 15.0 Å². The van der Waals surface area contributed by atoms with Crippen LogP contribution in [-0.2, 0) is 6.42 Å². The highest BCUT2D eigenvalue weighted by atomic mass is 16.3. The molecule has 0 saturated heterocycles. The predicted octanol–water partition coefficient (Wildman–Crippen LogP) is -0.368. The molecule has 4 N–H and O–H groups in total. The van der Waals surface area contributed by atoms with E-state index < -0.39 is 0 Å². The smallest absolute Gasteiger partial charge is 0.227 e. The molecule has 7 heteroatoms. The molecule has 0 unspecified atom stereocenters. The van der Waals surface area contributed by atoms with Gasteiger partial charge in [-0.3, -0.25) is 0 Å². The van der Waals surface area contributed by atoms with Crippen LogP contribution in [-0.4, -0.2) is 51.5 Å². The van der Waals surface area contributed by atoms with Crippen LogP contribution in [0.2, 0.25) is 0 Å². The monoisotopic (exact) mass is 241 g/mol. The molecular formula is C10H19N5O2. The van der Waals surface area contributed by atoms with E-state index in [1.165, 1.54) is 0 Å². The predicted molar refractivity (Wildman–Crippen MR) is 65.0 cm³/mol. The van der Waals surface area contributed by atoms with E-state index in [4.69, 9.17) is 10.2 Å². The first-order valence-corrected chi connectivity index (χ1v) is 5.74. The van der Waals surface area contributed by atoms with Crippen molar-refractivity contribution in [3.63, 3.8) is 0 Å². The second kappa shape index (κ2) is 7.75. The zero-order valence-corrected chi connectivity index (χ0v) is 9.98. The quantitative estimate of drug-likeness (QED) is 0.492. The summed E-state index contributed by atoms with van der Waals surface area (Å²) >= 11 is 0. The normalized spacial score (nSPS) is 10.3. The minimum absolute atomic E-state index is 0.0220. The van der Waals surface area contributed by atoms with Crippen LogP contribution in [0, 0.1) is 0 Å². The first kappa shape index (κ1) is 13.6. The van der Waals surface area contributed by atoms with Gasteiger partial charge in [0.25, 0.3) is 0 Å². The third kappa shape index (κ3) is 4.92. The molecule has 0 saturated carbocycles. The molecular weight excluding hydrogens is 222 g/mol. The number of aryl methyl sites for hydroxylation is 1. The maximum atomic E-state index is 8.73. The summed E-state index contributed by atoms with van der Waals surface area (Å²) in [6, 6.07) is 0. The van der Waals surface area contributed by atoms with E-state index in [1.807, 2.05) is 6.92 Å². The van der Waals surface area contributed by atoms with Crippen molar-refractivity contribution in [3.05, 3.63) is 5.82 Å². The highest BCUT2D eigenvalue weighted by Crippen LogP contribution is 2.06. The number of aliphatic hydroxyl groups excluding tert-OH is 2. The lowest BCUT2D eigenvalue weighted by atomic mass is 10.3. The number of nitrogens with zero attached hydrogens (tertiary/aromatic N) is 3. The molecule has 0 aliphatic rings. The maximum Gasteiger partial charge on any atom is 0.227 e. The molecule has 0 fully saturated rings. The van der Waals surface area contributed by atoms with Crippen molar-refractivity contribution in [3.8, 4) is 0 Å². The van der Waals surface area contributed by atoms with E-state index in [1.54, 1.807) is 0 Å². The fourth-order valence-electron chi connectivity index (χ4n) is 1.25. The molecule has 17 heavy (non-hydrogen) atoms. The average Bonchev–Trinajstić information content (AvgIpc) is 2.34. The van der Waals surface area contributed by atoms with E-state index in [0.717, 1.165) is 12.8 Å². The topological polar surface area (TPSA) is 103 Å². The summed E-state index contributed by atoms with van der Waals surface area (Å²) < 4.78 is 0. The highest BCUT2D eigenvalue weighted by Gasteiger charge is 2.05. The van der Waals surface area contributed by atoms with Gasteiger partial charge in [-0.1, -0.05) is 6.92 Å². The van der Waals surface area contributed by atoms with Crippen LogP contribution >= 0.6 is 0 Å². The number of nitrogens with one attached hydrogen (secondary N) is 2. The summed E-state index contributed by atoms with van der Waals surface area (Å²) in [5, 5.41) is 23.2. The molecule has 1 aromatic heterocycles. The zero-order chi connectivity index (χ0) is 12.5. The molecule has 1 rings (SSSR count). The van der Waals surface area contributed by atoms with Gasteiger partial charge in [0.15, 0.2) is 0 Å². The Morgan fingerprint density at radius 1 is 0.941 bits per heavy atom. The summed E-state index contributed by atoms with van der Waals surface area (Å²) in [6.07, 6.45) is 1.72. The fraction of sp³-hybridized carbons (Fsp3) is 0.700. The number of hydrogen-bond acceptors (Lipinski definition) is 7. The van der Waals surface area contributed by atoms with Gasteiger partial charge in [0.05, 0.1) is 13.2 Å². The fourth-order valence-corrected chi connectivity index (χ4v) is 1.25. The molecule has 0 aromatic carbocycles. The highest BCUT2D eigenvalue weighted by molar-refractivity contribution is 5.34. The maximum absolute atomic E-state index is 8.73. The van der Waals surface area contributed by atoms with Gasteiger partial charge in [0.2, 0.25) is 11.9 Å². The molecule has 0 aliphatic carbocycles. The van der Waals surface area contributed by atoms with E-state index >= 15 is 0 Å². The summed E-state index contributed by atoms with van der Waals surface area (Å²) in [5.74, 6) is 1.58. The Balaban J connectivity index is 2.76. The van der Waals surface area contributed by atoms with Gasteiger partial charge >= 0.3 is 0 Å². The minimum atomic E-state index is 0.0220. The lowest BCUT2D eigenvalue weighted by molar-refractivity contribution is 0.310. The Morgan fingerprint density at radius 2 is 1.47 bits per heavy atom. The van der Waals surface area contributed by atoms with Gasteiger partial charge in [0.1, 0.15) is 5.82 Å². The number of aliphatic hydroxyl groups is 2. The van der Waals surface area contributed by atoms with Crippen molar-refractivity contribution in [1.82, 2.24) is 15.0 Å². The Morgan fingerprint density at radius 3 is 1.88 bits per heavy atom. The Kier molecular flexibility index (Phi) is 6.19. The summed E-state index contributed by atoms with van der Waals surface area (Å²) in [6.45, 7) is 2.89. The van der Waals surface area contributed by atoms with Gasteiger partial charge in [-0.05, 0) is 6.42 Å². The molecule has 0 aliphatic heterocycles. The van der Waals surface area contributed by atoms with Crippen LogP contribution in [0.5, 0.6) is 0 Å². The van der Waals surface area contributed by atoms with Crippen LogP contribution in [0.4, 0.5) is 11.9 Å². The lowest BCUT2D eigenvalue weighted by Crippen LogP contribution is -2.15. The van der Waals surface area contributed by atoms with Crippen LogP contribution in [0.15, 0.2) is 0 Å². The first-order chi connectivity index (χ1) is 8.30. The summed E-state index contributed by atoms with van der Waals surface area (Å²) in [5.41, 5.74) is 0. The standard InChI is InChI=1S/C10H19N5O2/c1-2-3-8-13-9(11-4-6-16)15-10(14-8)12-5-7-17/h16-17H,2-7H2,1H3,(H2,11,12,13,14,15). The van der Waals surface area contributed by atoms with Gasteiger partial charge in [-0.25, -0.2) is 0 Å². The molecule has 0 atom stereocenters. The molecule has 0 radical (unpaired) electrons. The first-order valence-electron chi connectivity index (χ1n) is 5.74. The Bertz CT molecular complexity index is 308. The molecule has 0 spiro atoms. The van der Waals surface area contributed by atoms with Gasteiger partial charge in [0, 0.05) is 19.5 Å². The van der Waals surface area contributed by atoms with E-state index in [2.05, 4.69) is 25.6 Å². The summed E-state index contributed by atoms with van der Waals surface area (Å²) in [7, 11) is 0. The molecule has 96 valence electrons. The molecule has 0 amide bonds. The van der Waals surface area contributed by atoms with E-state index in [0.29, 0.717) is 30.8 Å². The Labute approximate surface area is 100 Å². The molecule has 1 aromatic rings.